The first-order valence-electron chi connectivity index (χ1n) is 6.00. The summed E-state index contributed by atoms with van der Waals surface area (Å²) in [6.07, 6.45) is 8.82. The minimum atomic E-state index is 0.710. The lowest BCUT2D eigenvalue weighted by molar-refractivity contribution is 0.880. The molecule has 3 aromatic rings. The Kier molecular flexibility index (Phi) is 3.18. The van der Waals surface area contributed by atoms with E-state index in [1.54, 1.807) is 18.6 Å². The van der Waals surface area contributed by atoms with Crippen molar-refractivity contribution in [1.82, 2.24) is 19.7 Å². The Bertz CT molecular complexity index is 617. The number of hydrogen-bond acceptors (Lipinski definition) is 4. The number of rotatable bonds is 4. The standard InChI is InChI=1S/C14H13N5/c1-6-18-19(7-1)14-4-2-13(3-5-14)17-10-12-8-15-11-16-9-12/h1-9,11,17H,10H2. The fourth-order valence-corrected chi connectivity index (χ4v) is 1.78. The van der Waals surface area contributed by atoms with Crippen molar-refractivity contribution in [2.24, 2.45) is 0 Å². The molecule has 19 heavy (non-hydrogen) atoms. The van der Waals surface area contributed by atoms with Crippen molar-refractivity contribution in [2.75, 3.05) is 5.32 Å². The number of hydrogen-bond donors (Lipinski definition) is 1. The van der Waals surface area contributed by atoms with E-state index >= 15 is 0 Å². The molecule has 0 radical (unpaired) electrons. The molecule has 0 unspecified atom stereocenters. The minimum Gasteiger partial charge on any atom is -0.381 e. The van der Waals surface area contributed by atoms with Crippen LogP contribution in [-0.2, 0) is 6.54 Å². The maximum atomic E-state index is 4.19. The van der Waals surface area contributed by atoms with Crippen LogP contribution in [0.1, 0.15) is 5.56 Å². The highest BCUT2D eigenvalue weighted by atomic mass is 15.3. The Morgan fingerprint density at radius 3 is 2.53 bits per heavy atom. The average molecular weight is 251 g/mol. The van der Waals surface area contributed by atoms with E-state index in [2.05, 4.69) is 20.4 Å². The van der Waals surface area contributed by atoms with E-state index in [-0.39, 0.29) is 0 Å². The lowest BCUT2D eigenvalue weighted by Crippen LogP contribution is -2.01. The van der Waals surface area contributed by atoms with E-state index in [0.717, 1.165) is 16.9 Å². The summed E-state index contributed by atoms with van der Waals surface area (Å²) in [5.74, 6) is 0. The lowest BCUT2D eigenvalue weighted by Gasteiger charge is -2.07. The highest BCUT2D eigenvalue weighted by molar-refractivity contribution is 5.48. The predicted octanol–water partition coefficient (Wildman–Crippen LogP) is 2.27. The van der Waals surface area contributed by atoms with Crippen LogP contribution in [0.15, 0.2) is 61.4 Å². The largest absolute Gasteiger partial charge is 0.381 e. The molecular weight excluding hydrogens is 238 g/mol. The second-order valence-electron chi connectivity index (χ2n) is 4.10. The van der Waals surface area contributed by atoms with Crippen molar-refractivity contribution in [3.8, 4) is 5.69 Å². The van der Waals surface area contributed by atoms with E-state index in [4.69, 9.17) is 0 Å². The number of anilines is 1. The lowest BCUT2D eigenvalue weighted by atomic mass is 10.2. The van der Waals surface area contributed by atoms with Gasteiger partial charge in [-0.05, 0) is 30.3 Å². The summed E-state index contributed by atoms with van der Waals surface area (Å²) in [6, 6.07) is 10.0. The van der Waals surface area contributed by atoms with Gasteiger partial charge in [0.25, 0.3) is 0 Å². The molecule has 0 saturated carbocycles. The predicted molar refractivity (Wildman–Crippen MR) is 72.9 cm³/mol. The number of nitrogens with zero attached hydrogens (tertiary/aromatic N) is 4. The monoisotopic (exact) mass is 251 g/mol. The maximum absolute atomic E-state index is 4.19. The van der Waals surface area contributed by atoms with Gasteiger partial charge in [0.1, 0.15) is 6.33 Å². The number of nitrogens with one attached hydrogen (secondary N) is 1. The Hall–Kier alpha value is -2.69. The second-order valence-corrected chi connectivity index (χ2v) is 4.10. The van der Waals surface area contributed by atoms with Crippen LogP contribution in [0.2, 0.25) is 0 Å². The zero-order chi connectivity index (χ0) is 12.9. The van der Waals surface area contributed by atoms with Crippen molar-refractivity contribution in [1.29, 1.82) is 0 Å². The highest BCUT2D eigenvalue weighted by Gasteiger charge is 1.97. The van der Waals surface area contributed by atoms with Crippen molar-refractivity contribution in [3.63, 3.8) is 0 Å². The average Bonchev–Trinajstić information content (AvgIpc) is 3.01. The molecule has 5 heteroatoms. The molecule has 0 spiro atoms. The molecule has 1 aromatic carbocycles. The van der Waals surface area contributed by atoms with Crippen LogP contribution in [0, 0.1) is 0 Å². The molecule has 5 nitrogen and oxygen atoms in total. The van der Waals surface area contributed by atoms with Gasteiger partial charge in [-0.1, -0.05) is 0 Å². The Morgan fingerprint density at radius 1 is 1.05 bits per heavy atom. The molecule has 0 amide bonds. The van der Waals surface area contributed by atoms with Gasteiger partial charge in [0.2, 0.25) is 0 Å². The van der Waals surface area contributed by atoms with Crippen LogP contribution in [0.3, 0.4) is 0 Å². The van der Waals surface area contributed by atoms with Gasteiger partial charge in [-0.3, -0.25) is 0 Å². The zero-order valence-electron chi connectivity index (χ0n) is 10.3. The molecule has 0 bridgehead atoms. The molecule has 0 aliphatic carbocycles. The smallest absolute Gasteiger partial charge is 0.115 e. The molecule has 2 heterocycles. The molecular formula is C14H13N5. The Morgan fingerprint density at radius 2 is 1.84 bits per heavy atom. The van der Waals surface area contributed by atoms with E-state index in [1.807, 2.05) is 41.2 Å². The van der Waals surface area contributed by atoms with E-state index < -0.39 is 0 Å². The van der Waals surface area contributed by atoms with Crippen LogP contribution < -0.4 is 5.32 Å². The summed E-state index contributed by atoms with van der Waals surface area (Å²) in [5, 5.41) is 7.51. The third kappa shape index (κ3) is 2.77. The molecule has 1 N–H and O–H groups in total. The normalized spacial score (nSPS) is 10.3. The van der Waals surface area contributed by atoms with Crippen LogP contribution in [0.25, 0.3) is 5.69 Å². The van der Waals surface area contributed by atoms with Crippen molar-refractivity contribution in [3.05, 3.63) is 67.0 Å². The Balaban J connectivity index is 1.67. The number of aromatic nitrogens is 4. The summed E-state index contributed by atoms with van der Waals surface area (Å²) in [6.45, 7) is 0.710. The minimum absolute atomic E-state index is 0.710. The van der Waals surface area contributed by atoms with Crippen molar-refractivity contribution < 1.29 is 0 Å². The van der Waals surface area contributed by atoms with Crippen LogP contribution in [-0.4, -0.2) is 19.7 Å². The van der Waals surface area contributed by atoms with E-state index in [1.165, 1.54) is 6.33 Å². The molecule has 2 aromatic heterocycles. The van der Waals surface area contributed by atoms with Crippen LogP contribution in [0.4, 0.5) is 5.69 Å². The van der Waals surface area contributed by atoms with Crippen LogP contribution in [0.5, 0.6) is 0 Å². The molecule has 0 aliphatic heterocycles. The molecule has 3 rings (SSSR count). The van der Waals surface area contributed by atoms with Gasteiger partial charge < -0.3 is 5.32 Å². The van der Waals surface area contributed by atoms with Crippen LogP contribution >= 0.6 is 0 Å². The fraction of sp³-hybridized carbons (Fsp3) is 0.0714. The summed E-state index contributed by atoms with van der Waals surface area (Å²) >= 11 is 0. The van der Waals surface area contributed by atoms with E-state index in [0.29, 0.717) is 6.54 Å². The summed E-state index contributed by atoms with van der Waals surface area (Å²) < 4.78 is 1.83. The van der Waals surface area contributed by atoms with Gasteiger partial charge in [-0.15, -0.1) is 0 Å². The quantitative estimate of drug-likeness (QED) is 0.773. The van der Waals surface area contributed by atoms with Crippen molar-refractivity contribution in [2.45, 2.75) is 6.54 Å². The SMILES string of the molecule is c1cnn(-c2ccc(NCc3cncnc3)cc2)c1. The van der Waals surface area contributed by atoms with Gasteiger partial charge >= 0.3 is 0 Å². The van der Waals surface area contributed by atoms with Crippen molar-refractivity contribution >= 4 is 5.69 Å². The first-order chi connectivity index (χ1) is 9.42. The topological polar surface area (TPSA) is 55.6 Å². The molecule has 94 valence electrons. The fourth-order valence-electron chi connectivity index (χ4n) is 1.78. The first-order valence-corrected chi connectivity index (χ1v) is 6.00. The summed E-state index contributed by atoms with van der Waals surface area (Å²) in [5.41, 5.74) is 3.15. The summed E-state index contributed by atoms with van der Waals surface area (Å²) in [4.78, 5) is 7.96. The van der Waals surface area contributed by atoms with Gasteiger partial charge in [0.15, 0.2) is 0 Å². The highest BCUT2D eigenvalue weighted by Crippen LogP contribution is 2.13. The Labute approximate surface area is 111 Å². The van der Waals surface area contributed by atoms with Gasteiger partial charge in [-0.25, -0.2) is 14.6 Å². The third-order valence-electron chi connectivity index (χ3n) is 2.75. The summed E-state index contributed by atoms with van der Waals surface area (Å²) in [7, 11) is 0. The molecule has 0 aliphatic rings. The second kappa shape index (κ2) is 5.30. The zero-order valence-corrected chi connectivity index (χ0v) is 10.3. The number of benzene rings is 1. The van der Waals surface area contributed by atoms with E-state index in [9.17, 15) is 0 Å². The molecule has 0 saturated heterocycles. The van der Waals surface area contributed by atoms with Gasteiger partial charge in [0, 0.05) is 42.6 Å². The first kappa shape index (κ1) is 11.4. The van der Waals surface area contributed by atoms with Gasteiger partial charge in [0.05, 0.1) is 5.69 Å². The molecule has 0 fully saturated rings. The maximum Gasteiger partial charge on any atom is 0.115 e. The molecule has 0 atom stereocenters. The van der Waals surface area contributed by atoms with Gasteiger partial charge in [-0.2, -0.15) is 5.10 Å². The third-order valence-corrected chi connectivity index (χ3v) is 2.75.